The van der Waals surface area contributed by atoms with E-state index in [1.165, 1.54) is 44.9 Å². The molecule has 2 aliphatic rings. The molecule has 0 heterocycles. The van der Waals surface area contributed by atoms with Gasteiger partial charge in [-0.05, 0) is 49.4 Å². The summed E-state index contributed by atoms with van der Waals surface area (Å²) in [5, 5.41) is 10.9. The van der Waals surface area contributed by atoms with E-state index in [1.807, 2.05) is 0 Å². The van der Waals surface area contributed by atoms with Gasteiger partial charge in [-0.15, -0.1) is 0 Å². The van der Waals surface area contributed by atoms with E-state index in [0.29, 0.717) is 11.3 Å². The summed E-state index contributed by atoms with van der Waals surface area (Å²) in [5.41, 5.74) is 0.0186. The van der Waals surface area contributed by atoms with Crippen LogP contribution >= 0.6 is 0 Å². The Hall–Kier alpha value is -0.0400. The van der Waals surface area contributed by atoms with Crippen molar-refractivity contribution in [2.45, 2.75) is 77.7 Å². The zero-order valence-corrected chi connectivity index (χ0v) is 11.3. The van der Waals surface area contributed by atoms with Crippen LogP contribution in [0.2, 0.25) is 0 Å². The highest BCUT2D eigenvalue weighted by Gasteiger charge is 2.64. The van der Waals surface area contributed by atoms with E-state index in [1.54, 1.807) is 0 Å². The molecule has 2 rings (SSSR count). The van der Waals surface area contributed by atoms with Crippen LogP contribution in [0.15, 0.2) is 0 Å². The van der Waals surface area contributed by atoms with E-state index in [4.69, 9.17) is 0 Å². The number of hydrogen-bond donors (Lipinski definition) is 1. The van der Waals surface area contributed by atoms with Crippen LogP contribution < -0.4 is 0 Å². The van der Waals surface area contributed by atoms with Crippen LogP contribution in [0.25, 0.3) is 0 Å². The molecule has 1 N–H and O–H groups in total. The van der Waals surface area contributed by atoms with Crippen LogP contribution in [0, 0.1) is 17.3 Å². The highest BCUT2D eigenvalue weighted by molar-refractivity contribution is 5.15. The Morgan fingerprint density at radius 2 is 1.88 bits per heavy atom. The molecule has 1 heteroatoms. The van der Waals surface area contributed by atoms with E-state index >= 15 is 0 Å². The van der Waals surface area contributed by atoms with Gasteiger partial charge in [0.1, 0.15) is 0 Å². The smallest absolute Gasteiger partial charge is 0.0736 e. The highest BCUT2D eigenvalue weighted by atomic mass is 16.3. The van der Waals surface area contributed by atoms with Crippen LogP contribution in [0.4, 0.5) is 0 Å². The highest BCUT2D eigenvalue weighted by Crippen LogP contribution is 2.65. The van der Waals surface area contributed by atoms with E-state index in [9.17, 15) is 5.11 Å². The van der Waals surface area contributed by atoms with Crippen molar-refractivity contribution >= 4 is 0 Å². The second-order valence-corrected chi connectivity index (χ2v) is 6.70. The first-order chi connectivity index (χ1) is 7.54. The average molecular weight is 224 g/mol. The molecule has 16 heavy (non-hydrogen) atoms. The molecule has 1 nitrogen and oxygen atoms in total. The average Bonchev–Trinajstić information content (AvgIpc) is 2.67. The quantitative estimate of drug-likeness (QED) is 0.744. The molecule has 0 aromatic carbocycles. The molecule has 0 spiro atoms. The maximum absolute atomic E-state index is 10.9. The molecular formula is C15H28O. The summed E-state index contributed by atoms with van der Waals surface area (Å²) < 4.78 is 0. The van der Waals surface area contributed by atoms with Crippen LogP contribution in [0.1, 0.15) is 72.1 Å². The zero-order valence-electron chi connectivity index (χ0n) is 11.3. The summed E-state index contributed by atoms with van der Waals surface area (Å²) in [5.74, 6) is 1.35. The van der Waals surface area contributed by atoms with Crippen LogP contribution in [0.3, 0.4) is 0 Å². The molecule has 0 amide bonds. The van der Waals surface area contributed by atoms with E-state index in [0.717, 1.165) is 12.3 Å². The first-order valence-electron chi connectivity index (χ1n) is 7.26. The fourth-order valence-electron chi connectivity index (χ4n) is 4.30. The standard InChI is InChI=1S/C15H28O/c1-4-7-13-11-15(13,16)14(10-12(2)3)8-5-6-9-14/h12-13,16H,4-11H2,1-3H3. The minimum atomic E-state index is -0.274. The Bertz CT molecular complexity index is 240. The van der Waals surface area contributed by atoms with Gasteiger partial charge in [-0.1, -0.05) is 40.0 Å². The lowest BCUT2D eigenvalue weighted by Gasteiger charge is -2.37. The molecule has 2 aliphatic carbocycles. The summed E-state index contributed by atoms with van der Waals surface area (Å²) >= 11 is 0. The number of hydrogen-bond acceptors (Lipinski definition) is 1. The predicted octanol–water partition coefficient (Wildman–Crippen LogP) is 4.14. The lowest BCUT2D eigenvalue weighted by atomic mass is 9.71. The minimum Gasteiger partial charge on any atom is -0.389 e. The molecule has 2 atom stereocenters. The number of rotatable bonds is 5. The van der Waals surface area contributed by atoms with Gasteiger partial charge in [0.05, 0.1) is 5.60 Å². The van der Waals surface area contributed by atoms with Gasteiger partial charge in [0, 0.05) is 0 Å². The summed E-state index contributed by atoms with van der Waals surface area (Å²) in [6, 6.07) is 0. The monoisotopic (exact) mass is 224 g/mol. The van der Waals surface area contributed by atoms with Gasteiger partial charge in [-0.3, -0.25) is 0 Å². The third-order valence-electron chi connectivity index (χ3n) is 4.99. The first kappa shape index (κ1) is 12.4. The molecule has 94 valence electrons. The van der Waals surface area contributed by atoms with Crippen molar-refractivity contribution in [2.75, 3.05) is 0 Å². The third-order valence-corrected chi connectivity index (χ3v) is 4.99. The lowest BCUT2D eigenvalue weighted by Crippen LogP contribution is -2.37. The largest absolute Gasteiger partial charge is 0.389 e. The molecule has 2 fully saturated rings. The fraction of sp³-hybridized carbons (Fsp3) is 1.00. The SMILES string of the molecule is CCCC1CC1(O)C1(CC(C)C)CCCC1. The van der Waals surface area contributed by atoms with Crippen LogP contribution in [-0.2, 0) is 0 Å². The van der Waals surface area contributed by atoms with Crippen molar-refractivity contribution in [3.8, 4) is 0 Å². The lowest BCUT2D eigenvalue weighted by molar-refractivity contribution is -0.0247. The Labute approximate surface area is 101 Å². The Morgan fingerprint density at radius 3 is 2.38 bits per heavy atom. The van der Waals surface area contributed by atoms with Crippen LogP contribution in [-0.4, -0.2) is 10.7 Å². The molecule has 0 saturated heterocycles. The molecule has 0 radical (unpaired) electrons. The van der Waals surface area contributed by atoms with Gasteiger partial charge >= 0.3 is 0 Å². The summed E-state index contributed by atoms with van der Waals surface area (Å²) in [6.45, 7) is 6.85. The van der Waals surface area contributed by atoms with Gasteiger partial charge in [0.15, 0.2) is 0 Å². The zero-order chi connectivity index (χ0) is 11.8. The molecule has 0 aromatic rings. The van der Waals surface area contributed by atoms with Crippen molar-refractivity contribution in [3.05, 3.63) is 0 Å². The predicted molar refractivity (Wildman–Crippen MR) is 68.3 cm³/mol. The van der Waals surface area contributed by atoms with E-state index in [2.05, 4.69) is 20.8 Å². The molecular weight excluding hydrogens is 196 g/mol. The van der Waals surface area contributed by atoms with E-state index < -0.39 is 0 Å². The third kappa shape index (κ3) is 1.92. The van der Waals surface area contributed by atoms with Crippen LogP contribution in [0.5, 0.6) is 0 Å². The van der Waals surface area contributed by atoms with Gasteiger partial charge in [0.2, 0.25) is 0 Å². The summed E-state index contributed by atoms with van der Waals surface area (Å²) in [4.78, 5) is 0. The van der Waals surface area contributed by atoms with Gasteiger partial charge < -0.3 is 5.11 Å². The summed E-state index contributed by atoms with van der Waals surface area (Å²) in [7, 11) is 0. The minimum absolute atomic E-state index is 0.274. The molecule has 0 bridgehead atoms. The Morgan fingerprint density at radius 1 is 1.25 bits per heavy atom. The molecule has 2 saturated carbocycles. The second-order valence-electron chi connectivity index (χ2n) is 6.70. The maximum atomic E-state index is 10.9. The van der Waals surface area contributed by atoms with Crippen molar-refractivity contribution in [1.82, 2.24) is 0 Å². The van der Waals surface area contributed by atoms with Crippen molar-refractivity contribution in [2.24, 2.45) is 17.3 Å². The topological polar surface area (TPSA) is 20.2 Å². The van der Waals surface area contributed by atoms with E-state index in [-0.39, 0.29) is 5.60 Å². The first-order valence-corrected chi connectivity index (χ1v) is 7.26. The summed E-state index contributed by atoms with van der Waals surface area (Å²) in [6.07, 6.45) is 10.0. The molecule has 0 aliphatic heterocycles. The van der Waals surface area contributed by atoms with Gasteiger partial charge in [-0.25, -0.2) is 0 Å². The second kappa shape index (κ2) is 4.33. The maximum Gasteiger partial charge on any atom is 0.0736 e. The van der Waals surface area contributed by atoms with Crippen molar-refractivity contribution in [3.63, 3.8) is 0 Å². The normalized spacial score (nSPS) is 36.9. The Kier molecular flexibility index (Phi) is 3.36. The van der Waals surface area contributed by atoms with Crippen molar-refractivity contribution in [1.29, 1.82) is 0 Å². The number of aliphatic hydroxyl groups is 1. The Balaban J connectivity index is 2.08. The van der Waals surface area contributed by atoms with Gasteiger partial charge in [-0.2, -0.15) is 0 Å². The molecule has 0 aromatic heterocycles. The van der Waals surface area contributed by atoms with Gasteiger partial charge in [0.25, 0.3) is 0 Å². The molecule has 2 unspecified atom stereocenters. The van der Waals surface area contributed by atoms with Crippen molar-refractivity contribution < 1.29 is 5.11 Å². The fourth-order valence-corrected chi connectivity index (χ4v) is 4.30.